The van der Waals surface area contributed by atoms with E-state index in [2.05, 4.69) is 15.6 Å². The number of β-amino-alcohol motifs (C(OH)–C–C–N with tert-alkyl or cyclic N) is 1. The van der Waals surface area contributed by atoms with Gasteiger partial charge in [-0.15, -0.1) is 11.3 Å². The van der Waals surface area contributed by atoms with Gasteiger partial charge in [0.2, 0.25) is 5.91 Å². The Balaban J connectivity index is 1.78. The minimum Gasteiger partial charge on any atom is -0.467 e. The Morgan fingerprint density at radius 1 is 1.38 bits per heavy atom. The SMILES string of the molecule is COC(=O)[C@H](NC(=O)[C@@H]1C[C@@H](O)CN1)c1ccc(-c2scnc2C)cc1. The molecule has 2 heterocycles. The van der Waals surface area contributed by atoms with Gasteiger partial charge in [0, 0.05) is 6.54 Å². The molecule has 1 saturated heterocycles. The molecule has 0 aliphatic carbocycles. The Morgan fingerprint density at radius 2 is 2.12 bits per heavy atom. The Bertz CT molecular complexity index is 790. The van der Waals surface area contributed by atoms with Crippen molar-refractivity contribution in [3.8, 4) is 10.4 Å². The molecule has 3 atom stereocenters. The van der Waals surface area contributed by atoms with Gasteiger partial charge in [-0.1, -0.05) is 24.3 Å². The van der Waals surface area contributed by atoms with E-state index in [0.29, 0.717) is 18.5 Å². The van der Waals surface area contributed by atoms with E-state index >= 15 is 0 Å². The van der Waals surface area contributed by atoms with Crippen LogP contribution in [0, 0.1) is 6.92 Å². The van der Waals surface area contributed by atoms with Gasteiger partial charge in [0.05, 0.1) is 35.3 Å². The number of rotatable bonds is 5. The highest BCUT2D eigenvalue weighted by atomic mass is 32.1. The lowest BCUT2D eigenvalue weighted by Crippen LogP contribution is -2.44. The zero-order valence-electron chi connectivity index (χ0n) is 14.6. The van der Waals surface area contributed by atoms with Crippen LogP contribution in [-0.2, 0) is 14.3 Å². The third-order valence-electron chi connectivity index (χ3n) is 4.40. The summed E-state index contributed by atoms with van der Waals surface area (Å²) in [7, 11) is 1.29. The number of esters is 1. The highest BCUT2D eigenvalue weighted by Crippen LogP contribution is 2.28. The standard InChI is InChI=1S/C18H21N3O4S/c1-10-16(26-9-20-10)12-5-3-11(4-6-12)15(18(24)25-2)21-17(23)14-7-13(22)8-19-14/h3-6,9,13-15,19,22H,7-8H2,1-2H3,(H,21,23)/t13-,14+,15-/m1/s1. The molecule has 2 aromatic rings. The van der Waals surface area contributed by atoms with Gasteiger partial charge in [-0.3, -0.25) is 4.79 Å². The fourth-order valence-corrected chi connectivity index (χ4v) is 3.77. The van der Waals surface area contributed by atoms with Crippen molar-refractivity contribution in [1.29, 1.82) is 0 Å². The molecule has 3 N–H and O–H groups in total. The molecule has 0 spiro atoms. The third kappa shape index (κ3) is 3.92. The van der Waals surface area contributed by atoms with Crippen molar-refractivity contribution in [1.82, 2.24) is 15.6 Å². The summed E-state index contributed by atoms with van der Waals surface area (Å²) in [5, 5.41) is 15.2. The normalized spacial score (nSPS) is 20.6. The Labute approximate surface area is 155 Å². The first-order chi connectivity index (χ1) is 12.5. The summed E-state index contributed by atoms with van der Waals surface area (Å²) in [6.07, 6.45) is -0.229. The number of aromatic nitrogens is 1. The van der Waals surface area contributed by atoms with Crippen LogP contribution >= 0.6 is 11.3 Å². The van der Waals surface area contributed by atoms with Gasteiger partial charge in [-0.2, -0.15) is 0 Å². The lowest BCUT2D eigenvalue weighted by atomic mass is 10.0. The monoisotopic (exact) mass is 375 g/mol. The predicted molar refractivity (Wildman–Crippen MR) is 97.6 cm³/mol. The van der Waals surface area contributed by atoms with Crippen LogP contribution < -0.4 is 10.6 Å². The molecule has 1 aromatic heterocycles. The number of ether oxygens (including phenoxy) is 1. The van der Waals surface area contributed by atoms with Gasteiger partial charge in [-0.25, -0.2) is 9.78 Å². The largest absolute Gasteiger partial charge is 0.467 e. The molecule has 0 unspecified atom stereocenters. The van der Waals surface area contributed by atoms with Crippen LogP contribution in [0.2, 0.25) is 0 Å². The van der Waals surface area contributed by atoms with E-state index < -0.39 is 24.2 Å². The molecule has 3 rings (SSSR count). The molecular formula is C18H21N3O4S. The van der Waals surface area contributed by atoms with Gasteiger partial charge in [-0.05, 0) is 24.5 Å². The first-order valence-electron chi connectivity index (χ1n) is 8.29. The van der Waals surface area contributed by atoms with Crippen LogP contribution in [0.3, 0.4) is 0 Å². The number of nitrogens with zero attached hydrogens (tertiary/aromatic N) is 1. The second-order valence-electron chi connectivity index (χ2n) is 6.20. The Kier molecular flexibility index (Phi) is 5.65. The number of thiazole rings is 1. The summed E-state index contributed by atoms with van der Waals surface area (Å²) in [5.41, 5.74) is 4.38. The van der Waals surface area contributed by atoms with Crippen molar-refractivity contribution in [2.24, 2.45) is 0 Å². The average Bonchev–Trinajstić information content (AvgIpc) is 3.27. The molecule has 0 radical (unpaired) electrons. The van der Waals surface area contributed by atoms with E-state index in [-0.39, 0.29) is 5.91 Å². The van der Waals surface area contributed by atoms with Crippen molar-refractivity contribution >= 4 is 23.2 Å². The minimum absolute atomic E-state index is 0.323. The van der Waals surface area contributed by atoms with E-state index in [1.807, 2.05) is 19.1 Å². The quantitative estimate of drug-likeness (QED) is 0.679. The fraction of sp³-hybridized carbons (Fsp3) is 0.389. The van der Waals surface area contributed by atoms with E-state index in [0.717, 1.165) is 16.1 Å². The average molecular weight is 375 g/mol. The summed E-state index contributed by atoms with van der Waals surface area (Å²) < 4.78 is 4.84. The van der Waals surface area contributed by atoms with Crippen molar-refractivity contribution in [2.75, 3.05) is 13.7 Å². The molecule has 1 aliphatic rings. The van der Waals surface area contributed by atoms with Gasteiger partial charge in [0.15, 0.2) is 6.04 Å². The minimum atomic E-state index is -0.899. The Hall–Kier alpha value is -2.29. The molecule has 26 heavy (non-hydrogen) atoms. The lowest BCUT2D eigenvalue weighted by molar-refractivity contribution is -0.145. The van der Waals surface area contributed by atoms with Crippen molar-refractivity contribution < 1.29 is 19.4 Å². The fourth-order valence-electron chi connectivity index (χ4n) is 2.96. The highest BCUT2D eigenvalue weighted by Gasteiger charge is 2.32. The highest BCUT2D eigenvalue weighted by molar-refractivity contribution is 7.13. The summed E-state index contributed by atoms with van der Waals surface area (Å²) in [4.78, 5) is 29.9. The number of carbonyl (C=O) groups excluding carboxylic acids is 2. The molecule has 1 aliphatic heterocycles. The molecule has 8 heteroatoms. The first kappa shape index (κ1) is 18.5. The van der Waals surface area contributed by atoms with Crippen LogP contribution in [0.25, 0.3) is 10.4 Å². The predicted octanol–water partition coefficient (Wildman–Crippen LogP) is 1.17. The smallest absolute Gasteiger partial charge is 0.333 e. The van der Waals surface area contributed by atoms with Gasteiger partial charge in [0.25, 0.3) is 0 Å². The topological polar surface area (TPSA) is 101 Å². The second-order valence-corrected chi connectivity index (χ2v) is 7.06. The second kappa shape index (κ2) is 7.94. The van der Waals surface area contributed by atoms with Crippen LogP contribution in [0.15, 0.2) is 29.8 Å². The van der Waals surface area contributed by atoms with Crippen LogP contribution in [0.1, 0.15) is 23.7 Å². The number of hydrogen-bond acceptors (Lipinski definition) is 7. The van der Waals surface area contributed by atoms with Crippen molar-refractivity contribution in [2.45, 2.75) is 31.5 Å². The van der Waals surface area contributed by atoms with Crippen molar-refractivity contribution in [3.63, 3.8) is 0 Å². The van der Waals surface area contributed by atoms with E-state index in [1.54, 1.807) is 29.0 Å². The van der Waals surface area contributed by atoms with Crippen LogP contribution in [0.4, 0.5) is 0 Å². The number of aliphatic hydroxyl groups is 1. The van der Waals surface area contributed by atoms with Crippen LogP contribution in [0.5, 0.6) is 0 Å². The number of aliphatic hydroxyl groups excluding tert-OH is 1. The van der Waals surface area contributed by atoms with Gasteiger partial charge >= 0.3 is 5.97 Å². The lowest BCUT2D eigenvalue weighted by Gasteiger charge is -2.19. The number of carbonyl (C=O) groups is 2. The number of aryl methyl sites for hydroxylation is 1. The number of methoxy groups -OCH3 is 1. The van der Waals surface area contributed by atoms with Gasteiger partial charge < -0.3 is 20.5 Å². The molecule has 138 valence electrons. The summed E-state index contributed by atoms with van der Waals surface area (Å²) in [5.74, 6) is -0.877. The molecule has 0 saturated carbocycles. The van der Waals surface area contributed by atoms with Gasteiger partial charge in [0.1, 0.15) is 0 Å². The number of benzene rings is 1. The maximum absolute atomic E-state index is 12.4. The third-order valence-corrected chi connectivity index (χ3v) is 5.38. The molecule has 1 amide bonds. The maximum Gasteiger partial charge on any atom is 0.333 e. The number of amides is 1. The molecule has 0 bridgehead atoms. The Morgan fingerprint density at radius 3 is 2.65 bits per heavy atom. The molecule has 1 aromatic carbocycles. The molecule has 7 nitrogen and oxygen atoms in total. The summed E-state index contributed by atoms with van der Waals surface area (Å²) in [6.45, 7) is 2.31. The maximum atomic E-state index is 12.4. The van der Waals surface area contributed by atoms with E-state index in [4.69, 9.17) is 4.74 Å². The summed E-state index contributed by atoms with van der Waals surface area (Å²) in [6, 6.07) is 5.98. The molecular weight excluding hydrogens is 354 g/mol. The van der Waals surface area contributed by atoms with Crippen LogP contribution in [-0.4, -0.2) is 47.8 Å². The first-order valence-corrected chi connectivity index (χ1v) is 9.17. The molecule has 1 fully saturated rings. The number of hydrogen-bond donors (Lipinski definition) is 3. The zero-order valence-corrected chi connectivity index (χ0v) is 15.4. The van der Waals surface area contributed by atoms with E-state index in [9.17, 15) is 14.7 Å². The van der Waals surface area contributed by atoms with Crippen molar-refractivity contribution in [3.05, 3.63) is 41.0 Å². The summed E-state index contributed by atoms with van der Waals surface area (Å²) >= 11 is 1.55. The number of nitrogens with one attached hydrogen (secondary N) is 2. The van der Waals surface area contributed by atoms with E-state index in [1.165, 1.54) is 7.11 Å². The zero-order chi connectivity index (χ0) is 18.7.